The molecule has 0 saturated carbocycles. The summed E-state index contributed by atoms with van der Waals surface area (Å²) in [5, 5.41) is 11.6. The monoisotopic (exact) mass is 1060 g/mol. The third-order valence-electron chi connectivity index (χ3n) is 10.1. The van der Waals surface area contributed by atoms with Gasteiger partial charge in [0.15, 0.2) is 0 Å². The van der Waals surface area contributed by atoms with Crippen LogP contribution in [0.1, 0.15) is 75.9 Å². The summed E-state index contributed by atoms with van der Waals surface area (Å²) in [6.45, 7) is 25.0. The van der Waals surface area contributed by atoms with E-state index in [-0.39, 0.29) is 128 Å². The second-order valence-electron chi connectivity index (χ2n) is 15.0. The van der Waals surface area contributed by atoms with Gasteiger partial charge in [-0.25, -0.2) is 4.79 Å². The van der Waals surface area contributed by atoms with Crippen molar-refractivity contribution in [1.82, 2.24) is 0 Å². The number of hydrogen-bond donors (Lipinski definition) is 1. The van der Waals surface area contributed by atoms with Gasteiger partial charge in [0.1, 0.15) is 0 Å². The summed E-state index contributed by atoms with van der Waals surface area (Å²) in [4.78, 5) is 11.9. The number of halogens is 4. The fraction of sp³-hybridized carbons (Fsp3) is 0.326. The molecule has 3 nitrogen and oxygen atoms in total. The Hall–Kier alpha value is 0.782. The molecule has 3 radical (unpaired) electrons. The predicted molar refractivity (Wildman–Crippen MR) is 228 cm³/mol. The van der Waals surface area contributed by atoms with E-state index in [1.165, 1.54) is 29.4 Å². The van der Waals surface area contributed by atoms with Crippen LogP contribution < -0.4 is 0 Å². The number of carbonyl (C=O) groups is 1. The van der Waals surface area contributed by atoms with Gasteiger partial charge >= 0.3 is 5.97 Å². The van der Waals surface area contributed by atoms with E-state index >= 15 is 0 Å². The zero-order valence-electron chi connectivity index (χ0n) is 32.5. The molecule has 0 spiro atoms. The third kappa shape index (κ3) is 16.6. The molecular weight excluding hydrogens is 1010 g/mol. The van der Waals surface area contributed by atoms with Crippen molar-refractivity contribution in [3.8, 4) is 0 Å². The molecule has 0 unspecified atom stereocenters. The van der Waals surface area contributed by atoms with Crippen LogP contribution in [-0.2, 0) is 108 Å². The molecule has 56 heavy (non-hydrogen) atoms. The Kier molecular flexibility index (Phi) is 24.5. The molecule has 6 rings (SSSR count). The van der Waals surface area contributed by atoms with Crippen LogP contribution in [-0.4, -0.2) is 30.7 Å². The standard InChI is InChI=1S/C16H17ClO2.C15H16Cl2.C15H17ClO.3Y.H2/c1-16(2)9-8-13(15(18)19-3)14(10-16)11-4-6-12(17)7-5-11;1-15(2)8-7-12(10-16)14(9-15)11-3-5-13(17)6-4-11;1-15(2)8-7-12(10-17)14(9-15)11-3-5-13(16)6-4-11;;;;/h4-7H,1-2,8-10H2,3H3;3-6H,1-2,7-10H2;3-6,17H,1-2,7-10H2;;;;1H/q3*-2;;;;. The Bertz CT molecular complexity index is 1730. The van der Waals surface area contributed by atoms with E-state index in [9.17, 15) is 9.90 Å². The number of aliphatic hydroxyl groups excluding tert-OH is 1. The van der Waals surface area contributed by atoms with Gasteiger partial charge in [-0.2, -0.15) is 0 Å². The van der Waals surface area contributed by atoms with Crippen molar-refractivity contribution >= 4 is 69.1 Å². The van der Waals surface area contributed by atoms with Crippen molar-refractivity contribution in [3.05, 3.63) is 163 Å². The maximum Gasteiger partial charge on any atom is 0.334 e. The van der Waals surface area contributed by atoms with Crippen LogP contribution in [0.25, 0.3) is 16.7 Å². The van der Waals surface area contributed by atoms with Gasteiger partial charge in [-0.1, -0.05) is 115 Å². The molecule has 0 heterocycles. The van der Waals surface area contributed by atoms with Gasteiger partial charge in [0.2, 0.25) is 0 Å². The second-order valence-corrected chi connectivity index (χ2v) is 16.5. The number of methoxy groups -OCH3 is 1. The molecule has 10 heteroatoms. The second kappa shape index (κ2) is 25.0. The van der Waals surface area contributed by atoms with E-state index < -0.39 is 0 Å². The molecule has 0 aliphatic heterocycles. The average molecular weight is 1060 g/mol. The summed E-state index contributed by atoms with van der Waals surface area (Å²) in [7, 11) is 1.41. The maximum absolute atomic E-state index is 11.9. The Balaban J connectivity index is 0.000000799. The molecule has 0 aromatic heterocycles. The summed E-state index contributed by atoms with van der Waals surface area (Å²) >= 11 is 23.7. The molecule has 0 saturated heterocycles. The first kappa shape index (κ1) is 54.8. The summed E-state index contributed by atoms with van der Waals surface area (Å²) < 4.78 is 4.87. The van der Waals surface area contributed by atoms with E-state index in [1.807, 2.05) is 72.8 Å². The zero-order chi connectivity index (χ0) is 39.0. The zero-order valence-corrected chi connectivity index (χ0v) is 44.0. The average Bonchev–Trinajstić information content (AvgIpc) is 3.12. The first-order valence-electron chi connectivity index (χ1n) is 17.8. The maximum atomic E-state index is 11.9. The van der Waals surface area contributed by atoms with Crippen LogP contribution in [0, 0.1) is 57.8 Å². The van der Waals surface area contributed by atoms with Gasteiger partial charge in [0.25, 0.3) is 0 Å². The van der Waals surface area contributed by atoms with Gasteiger partial charge in [0, 0.05) is 126 Å². The van der Waals surface area contributed by atoms with Crippen molar-refractivity contribution in [3.63, 3.8) is 0 Å². The number of aliphatic hydroxyl groups is 1. The van der Waals surface area contributed by atoms with Crippen LogP contribution >= 0.6 is 46.4 Å². The predicted octanol–water partition coefficient (Wildman–Crippen LogP) is 13.4. The molecule has 3 aromatic rings. The van der Waals surface area contributed by atoms with Crippen molar-refractivity contribution in [1.29, 1.82) is 0 Å². The summed E-state index contributed by atoms with van der Waals surface area (Å²) in [5.74, 6) is 0.328. The quantitative estimate of drug-likeness (QED) is 0.152. The van der Waals surface area contributed by atoms with Crippen LogP contribution in [0.4, 0.5) is 0 Å². The van der Waals surface area contributed by atoms with Crippen LogP contribution in [0.3, 0.4) is 0 Å². The SMILES string of the molecule is [CH2-]C1([CH2-])CCC(C(=O)OC)=C(c2ccc(Cl)cc2)C1.[CH2-]C1([CH2-])CCC(CCl)=C(c2ccc(Cl)cc2)C1.[CH2-]C1([CH2-])CCC(CO)=C(c2ccc(Cl)cc2)C1.[HH].[Y].[Y].[Y]. The number of allylic oxidation sites excluding steroid dienone is 4. The number of rotatable bonds is 6. The topological polar surface area (TPSA) is 46.5 Å². The van der Waals surface area contributed by atoms with E-state index in [0.717, 1.165) is 82.8 Å². The number of hydrogen-bond acceptors (Lipinski definition) is 3. The number of alkyl halides is 1. The molecule has 0 fully saturated rings. The minimum atomic E-state index is -0.285. The van der Waals surface area contributed by atoms with Gasteiger partial charge in [-0.05, 0) is 94.6 Å². The molecule has 0 amide bonds. The van der Waals surface area contributed by atoms with Crippen LogP contribution in [0.2, 0.25) is 15.1 Å². The van der Waals surface area contributed by atoms with E-state index in [0.29, 0.717) is 23.7 Å². The fourth-order valence-corrected chi connectivity index (χ4v) is 7.61. The Morgan fingerprint density at radius 3 is 1.29 bits per heavy atom. The molecule has 3 aromatic carbocycles. The first-order chi connectivity index (χ1) is 25.0. The van der Waals surface area contributed by atoms with Crippen molar-refractivity contribution in [2.45, 2.75) is 57.8 Å². The van der Waals surface area contributed by atoms with Crippen molar-refractivity contribution in [2.24, 2.45) is 16.2 Å². The molecule has 0 atom stereocenters. The van der Waals surface area contributed by atoms with Gasteiger partial charge < -0.3 is 51.4 Å². The number of esters is 1. The molecule has 297 valence electrons. The van der Waals surface area contributed by atoms with Gasteiger partial charge in [-0.15, -0.1) is 11.6 Å². The number of benzene rings is 3. The van der Waals surface area contributed by atoms with Gasteiger partial charge in [-0.3, -0.25) is 16.2 Å². The van der Waals surface area contributed by atoms with E-state index in [4.69, 9.17) is 51.1 Å². The molecule has 0 bridgehead atoms. The largest absolute Gasteiger partial charge is 0.466 e. The smallest absolute Gasteiger partial charge is 0.334 e. The molecular formula is C46H52Cl4O3Y3-6. The Morgan fingerprint density at radius 2 is 0.929 bits per heavy atom. The Labute approximate surface area is 434 Å². The minimum Gasteiger partial charge on any atom is -0.466 e. The molecule has 1 N–H and O–H groups in total. The van der Waals surface area contributed by atoms with Crippen LogP contribution in [0.5, 0.6) is 0 Å². The first-order valence-corrected chi connectivity index (χ1v) is 19.4. The summed E-state index contributed by atoms with van der Waals surface area (Å²) in [5.41, 5.74) is 9.33. The number of carbonyl (C=O) groups excluding carboxylic acids is 1. The fourth-order valence-electron chi connectivity index (χ4n) is 6.93. The van der Waals surface area contributed by atoms with E-state index in [1.54, 1.807) is 0 Å². The summed E-state index contributed by atoms with van der Waals surface area (Å²) in [6.07, 6.45) is 7.61. The Morgan fingerprint density at radius 1 is 0.607 bits per heavy atom. The van der Waals surface area contributed by atoms with Crippen LogP contribution in [0.15, 0.2) is 89.5 Å². The third-order valence-corrected chi connectivity index (χ3v) is 11.1. The normalized spacial score (nSPS) is 18.1. The van der Waals surface area contributed by atoms with Crippen molar-refractivity contribution < 1.29 is 114 Å². The van der Waals surface area contributed by atoms with E-state index in [2.05, 4.69) is 41.5 Å². The number of ether oxygens (including phenoxy) is 1. The molecule has 3 aliphatic carbocycles. The van der Waals surface area contributed by atoms with Crippen molar-refractivity contribution in [2.75, 3.05) is 19.6 Å². The molecule has 3 aliphatic rings. The van der Waals surface area contributed by atoms with Gasteiger partial charge in [0.05, 0.1) is 13.7 Å². The minimum absolute atomic E-state index is 0. The summed E-state index contributed by atoms with van der Waals surface area (Å²) in [6, 6.07) is 23.1.